The first kappa shape index (κ1) is 19.5. The van der Waals surface area contributed by atoms with E-state index in [1.54, 1.807) is 18.6 Å². The van der Waals surface area contributed by atoms with E-state index in [-0.39, 0.29) is 6.04 Å². The fraction of sp³-hybridized carbons (Fsp3) is 0.375. The normalized spacial score (nSPS) is 19.9. The molecule has 2 aliphatic rings. The summed E-state index contributed by atoms with van der Waals surface area (Å²) in [7, 11) is 2.11. The van der Waals surface area contributed by atoms with Crippen LogP contribution in [0.2, 0.25) is 5.02 Å². The highest BCUT2D eigenvalue weighted by molar-refractivity contribution is 6.35. The number of hydrogen-bond acceptors (Lipinski definition) is 5. The Hall–Kier alpha value is -2.50. The van der Waals surface area contributed by atoms with Crippen LogP contribution >= 0.6 is 11.6 Å². The van der Waals surface area contributed by atoms with Crippen LogP contribution in [0.3, 0.4) is 0 Å². The summed E-state index contributed by atoms with van der Waals surface area (Å²) in [6.45, 7) is 1.03. The molecule has 1 aliphatic heterocycles. The van der Waals surface area contributed by atoms with Crippen LogP contribution in [0.4, 0.5) is 0 Å². The molecule has 0 bridgehead atoms. The van der Waals surface area contributed by atoms with Crippen molar-refractivity contribution in [3.05, 3.63) is 65.8 Å². The van der Waals surface area contributed by atoms with Crippen molar-refractivity contribution >= 4 is 22.5 Å². The molecule has 1 saturated carbocycles. The molecule has 6 heteroatoms. The minimum absolute atomic E-state index is 0.0727. The molecule has 5 rings (SSSR count). The summed E-state index contributed by atoms with van der Waals surface area (Å²) < 4.78 is 0. The van der Waals surface area contributed by atoms with Crippen LogP contribution in [0.5, 0.6) is 0 Å². The van der Waals surface area contributed by atoms with Gasteiger partial charge in [0.1, 0.15) is 0 Å². The van der Waals surface area contributed by atoms with Gasteiger partial charge in [-0.2, -0.15) is 0 Å². The van der Waals surface area contributed by atoms with E-state index in [2.05, 4.69) is 40.4 Å². The van der Waals surface area contributed by atoms with Gasteiger partial charge in [0, 0.05) is 49.3 Å². The van der Waals surface area contributed by atoms with Gasteiger partial charge in [-0.1, -0.05) is 43.4 Å². The fourth-order valence-electron chi connectivity index (χ4n) is 4.80. The van der Waals surface area contributed by atoms with Crippen LogP contribution < -0.4 is 0 Å². The van der Waals surface area contributed by atoms with Gasteiger partial charge in [0.15, 0.2) is 0 Å². The Balaban J connectivity index is 1.49. The maximum atomic E-state index is 6.56. The van der Waals surface area contributed by atoms with Crippen molar-refractivity contribution in [2.24, 2.45) is 5.92 Å². The predicted molar refractivity (Wildman–Crippen MR) is 121 cm³/mol. The lowest BCUT2D eigenvalue weighted by Gasteiger charge is -2.32. The lowest BCUT2D eigenvalue weighted by Crippen LogP contribution is -2.36. The second-order valence-corrected chi connectivity index (χ2v) is 8.69. The molecule has 1 atom stereocenters. The molecule has 1 fully saturated rings. The molecule has 5 nitrogen and oxygen atoms in total. The van der Waals surface area contributed by atoms with Crippen molar-refractivity contribution in [3.8, 4) is 11.3 Å². The van der Waals surface area contributed by atoms with E-state index in [1.165, 1.54) is 32.1 Å². The third-order valence-corrected chi connectivity index (χ3v) is 6.68. The Labute approximate surface area is 182 Å². The smallest absolute Gasteiger partial charge is 0.0938 e. The third kappa shape index (κ3) is 3.68. The van der Waals surface area contributed by atoms with Crippen molar-refractivity contribution in [2.75, 3.05) is 13.6 Å². The third-order valence-electron chi connectivity index (χ3n) is 6.39. The predicted octanol–water partition coefficient (Wildman–Crippen LogP) is 5.64. The van der Waals surface area contributed by atoms with Crippen LogP contribution in [0, 0.1) is 5.92 Å². The van der Waals surface area contributed by atoms with Crippen molar-refractivity contribution < 1.29 is 0 Å². The molecule has 0 saturated heterocycles. The van der Waals surface area contributed by atoms with E-state index in [1.807, 2.05) is 18.2 Å². The van der Waals surface area contributed by atoms with Crippen molar-refractivity contribution in [1.82, 2.24) is 25.0 Å². The fourth-order valence-corrected chi connectivity index (χ4v) is 5.08. The zero-order valence-electron chi connectivity index (χ0n) is 17.2. The number of halogens is 1. The van der Waals surface area contributed by atoms with Crippen molar-refractivity contribution in [1.29, 1.82) is 0 Å². The molecule has 0 radical (unpaired) electrons. The SMILES string of the molecule is CN1C=CC(c2nccnc2-c2cc(Cl)c3ncccc3c2)N1CCC1CCCC1. The van der Waals surface area contributed by atoms with Crippen LogP contribution in [-0.4, -0.2) is 38.6 Å². The Morgan fingerprint density at radius 2 is 1.90 bits per heavy atom. The zero-order valence-corrected chi connectivity index (χ0v) is 18.0. The summed E-state index contributed by atoms with van der Waals surface area (Å²) in [6.07, 6.45) is 16.4. The summed E-state index contributed by atoms with van der Waals surface area (Å²) >= 11 is 6.56. The summed E-state index contributed by atoms with van der Waals surface area (Å²) in [5, 5.41) is 6.23. The molecular weight excluding hydrogens is 394 g/mol. The second kappa shape index (κ2) is 8.32. The number of rotatable bonds is 5. The molecule has 1 aromatic carbocycles. The van der Waals surface area contributed by atoms with Crippen LogP contribution in [-0.2, 0) is 0 Å². The van der Waals surface area contributed by atoms with E-state index in [9.17, 15) is 0 Å². The molecule has 0 spiro atoms. The van der Waals surface area contributed by atoms with Gasteiger partial charge in [-0.05, 0) is 36.6 Å². The molecule has 0 N–H and O–H groups in total. The van der Waals surface area contributed by atoms with Gasteiger partial charge in [-0.15, -0.1) is 0 Å². The lowest BCUT2D eigenvalue weighted by atomic mass is 10.0. The quantitative estimate of drug-likeness (QED) is 0.535. The number of aromatic nitrogens is 3. The van der Waals surface area contributed by atoms with Gasteiger partial charge < -0.3 is 5.01 Å². The van der Waals surface area contributed by atoms with E-state index < -0.39 is 0 Å². The number of benzene rings is 1. The summed E-state index contributed by atoms with van der Waals surface area (Å²) in [4.78, 5) is 13.9. The average molecular weight is 420 g/mol. The van der Waals surface area contributed by atoms with Crippen molar-refractivity contribution in [3.63, 3.8) is 0 Å². The molecule has 3 heterocycles. The molecule has 1 aliphatic carbocycles. The highest BCUT2D eigenvalue weighted by atomic mass is 35.5. The van der Waals surface area contributed by atoms with E-state index in [0.29, 0.717) is 5.02 Å². The number of hydrogen-bond donors (Lipinski definition) is 0. The first-order valence-electron chi connectivity index (χ1n) is 10.7. The number of pyridine rings is 1. The van der Waals surface area contributed by atoms with Gasteiger partial charge in [0.25, 0.3) is 0 Å². The van der Waals surface area contributed by atoms with Gasteiger partial charge >= 0.3 is 0 Å². The Morgan fingerprint density at radius 3 is 2.77 bits per heavy atom. The number of fused-ring (bicyclic) bond motifs is 1. The first-order chi connectivity index (χ1) is 14.7. The molecule has 2 aromatic heterocycles. The molecule has 1 unspecified atom stereocenters. The maximum Gasteiger partial charge on any atom is 0.0938 e. The maximum absolute atomic E-state index is 6.56. The van der Waals surface area contributed by atoms with E-state index in [4.69, 9.17) is 21.6 Å². The van der Waals surface area contributed by atoms with E-state index >= 15 is 0 Å². The topological polar surface area (TPSA) is 45.2 Å². The average Bonchev–Trinajstić information content (AvgIpc) is 3.42. The summed E-state index contributed by atoms with van der Waals surface area (Å²) in [5.74, 6) is 0.854. The largest absolute Gasteiger partial charge is 0.315 e. The van der Waals surface area contributed by atoms with Crippen molar-refractivity contribution in [2.45, 2.75) is 38.1 Å². The van der Waals surface area contributed by atoms with Crippen LogP contribution in [0.15, 0.2) is 55.1 Å². The van der Waals surface area contributed by atoms with Gasteiger partial charge in [0.05, 0.1) is 28.0 Å². The monoisotopic (exact) mass is 419 g/mol. The Kier molecular flexibility index (Phi) is 5.40. The molecule has 0 amide bonds. The highest BCUT2D eigenvalue weighted by Crippen LogP contribution is 2.37. The Bertz CT molecular complexity index is 1080. The summed E-state index contributed by atoms with van der Waals surface area (Å²) in [5.41, 5.74) is 3.62. The number of nitrogens with zero attached hydrogens (tertiary/aromatic N) is 5. The highest BCUT2D eigenvalue weighted by Gasteiger charge is 2.30. The Morgan fingerprint density at radius 1 is 1.07 bits per heavy atom. The number of hydrazine groups is 1. The second-order valence-electron chi connectivity index (χ2n) is 8.29. The molecule has 30 heavy (non-hydrogen) atoms. The summed E-state index contributed by atoms with van der Waals surface area (Å²) in [6, 6.07) is 8.09. The van der Waals surface area contributed by atoms with Gasteiger partial charge in [-0.25, -0.2) is 5.01 Å². The molecule has 154 valence electrons. The molecule has 3 aromatic rings. The minimum Gasteiger partial charge on any atom is -0.315 e. The standard InChI is InChI=1S/C24H26ClN5/c1-29-13-9-21(30(29)14-8-17-5-2-3-6-17)24-23(27-11-12-28-24)19-15-18-7-4-10-26-22(18)20(25)16-19/h4,7,9-13,15-17,21H,2-3,5-6,8,14H2,1H3. The zero-order chi connectivity index (χ0) is 20.5. The van der Waals surface area contributed by atoms with Gasteiger partial charge in [-0.3, -0.25) is 15.0 Å². The lowest BCUT2D eigenvalue weighted by molar-refractivity contribution is 0.0321. The van der Waals surface area contributed by atoms with E-state index in [0.717, 1.165) is 40.3 Å². The first-order valence-corrected chi connectivity index (χ1v) is 11.1. The van der Waals surface area contributed by atoms with Gasteiger partial charge in [0.2, 0.25) is 0 Å². The minimum atomic E-state index is 0.0727. The van der Waals surface area contributed by atoms with Crippen LogP contribution in [0.25, 0.3) is 22.2 Å². The molecular formula is C24H26ClN5. The van der Waals surface area contributed by atoms with Crippen LogP contribution in [0.1, 0.15) is 43.8 Å².